The third kappa shape index (κ3) is 6.79. The van der Waals surface area contributed by atoms with Crippen molar-refractivity contribution in [2.24, 2.45) is 10.9 Å². The summed E-state index contributed by atoms with van der Waals surface area (Å²) in [5.74, 6) is 1.96. The number of aliphatic imine (C=N–C) groups is 1. The van der Waals surface area contributed by atoms with E-state index in [1.54, 1.807) is 7.05 Å². The van der Waals surface area contributed by atoms with E-state index in [0.717, 1.165) is 44.7 Å². The van der Waals surface area contributed by atoms with E-state index in [-0.39, 0.29) is 35.9 Å². The van der Waals surface area contributed by atoms with E-state index in [1.165, 1.54) is 0 Å². The number of aryl methyl sites for hydroxylation is 2. The summed E-state index contributed by atoms with van der Waals surface area (Å²) in [5, 5.41) is 7.12. The van der Waals surface area contributed by atoms with Crippen LogP contribution in [0.1, 0.15) is 37.9 Å². The topological polar surface area (TPSA) is 92.8 Å². The van der Waals surface area contributed by atoms with Gasteiger partial charge < -0.3 is 19.5 Å². The van der Waals surface area contributed by atoms with E-state index >= 15 is 0 Å². The zero-order valence-corrected chi connectivity index (χ0v) is 17.5. The molecule has 1 N–H and O–H groups in total. The molecular formula is C16H28IN5O3. The molecule has 1 aromatic heterocycles. The maximum Gasteiger partial charge on any atom is 0.310 e. The summed E-state index contributed by atoms with van der Waals surface area (Å²) in [5.41, 5.74) is 0. The first-order chi connectivity index (χ1) is 11.6. The number of hydrogen-bond acceptors (Lipinski definition) is 6. The second-order valence-electron chi connectivity index (χ2n) is 5.85. The Balaban J connectivity index is 0.00000312. The van der Waals surface area contributed by atoms with Crippen LogP contribution in [0.25, 0.3) is 0 Å². The third-order valence-corrected chi connectivity index (χ3v) is 3.97. The predicted octanol–water partition coefficient (Wildman–Crippen LogP) is 1.78. The van der Waals surface area contributed by atoms with E-state index in [9.17, 15) is 4.79 Å². The van der Waals surface area contributed by atoms with Crippen LogP contribution in [0.2, 0.25) is 0 Å². The number of nitrogens with zero attached hydrogens (tertiary/aromatic N) is 4. The lowest BCUT2D eigenvalue weighted by Gasteiger charge is -2.33. The number of likely N-dealkylation sites (tertiary alicyclic amines) is 1. The molecule has 0 saturated carbocycles. The number of ether oxygens (including phenoxy) is 1. The van der Waals surface area contributed by atoms with Crippen molar-refractivity contribution in [3.8, 4) is 0 Å². The van der Waals surface area contributed by atoms with E-state index in [1.807, 2.05) is 13.8 Å². The maximum atomic E-state index is 11.9. The van der Waals surface area contributed by atoms with Gasteiger partial charge in [0.1, 0.15) is 0 Å². The Labute approximate surface area is 165 Å². The van der Waals surface area contributed by atoms with Crippen LogP contribution in [0.3, 0.4) is 0 Å². The Kier molecular flexibility index (Phi) is 9.76. The zero-order valence-electron chi connectivity index (χ0n) is 15.2. The fourth-order valence-electron chi connectivity index (χ4n) is 2.84. The van der Waals surface area contributed by atoms with Gasteiger partial charge in [-0.15, -0.1) is 24.0 Å². The van der Waals surface area contributed by atoms with Crippen LogP contribution in [0.5, 0.6) is 0 Å². The Morgan fingerprint density at radius 3 is 2.96 bits per heavy atom. The Morgan fingerprint density at radius 2 is 2.32 bits per heavy atom. The molecule has 1 saturated heterocycles. The van der Waals surface area contributed by atoms with Crippen LogP contribution >= 0.6 is 24.0 Å². The van der Waals surface area contributed by atoms with Gasteiger partial charge in [-0.2, -0.15) is 4.98 Å². The average Bonchev–Trinajstić information content (AvgIpc) is 3.00. The van der Waals surface area contributed by atoms with Crippen molar-refractivity contribution in [2.75, 3.05) is 33.3 Å². The molecule has 0 bridgehead atoms. The number of halogens is 1. The second kappa shape index (κ2) is 11.3. The smallest absolute Gasteiger partial charge is 0.310 e. The molecule has 8 nitrogen and oxygen atoms in total. The normalized spacial score (nSPS) is 17.8. The van der Waals surface area contributed by atoms with Crippen molar-refractivity contribution in [1.82, 2.24) is 20.4 Å². The molecule has 1 atom stereocenters. The first kappa shape index (κ1) is 21.7. The molecule has 1 fully saturated rings. The summed E-state index contributed by atoms with van der Waals surface area (Å²) < 4.78 is 10.2. The third-order valence-electron chi connectivity index (χ3n) is 3.97. The lowest BCUT2D eigenvalue weighted by atomic mass is 9.98. The second-order valence-corrected chi connectivity index (χ2v) is 5.85. The monoisotopic (exact) mass is 465 g/mol. The molecular weight excluding hydrogens is 437 g/mol. The van der Waals surface area contributed by atoms with Crippen molar-refractivity contribution in [2.45, 2.75) is 39.5 Å². The molecule has 9 heteroatoms. The van der Waals surface area contributed by atoms with Crippen LogP contribution < -0.4 is 5.32 Å². The molecule has 25 heavy (non-hydrogen) atoms. The minimum Gasteiger partial charge on any atom is -0.466 e. The number of carbonyl (C=O) groups is 1. The molecule has 1 unspecified atom stereocenters. The molecule has 1 aliphatic heterocycles. The molecule has 0 amide bonds. The van der Waals surface area contributed by atoms with Crippen LogP contribution in [0.4, 0.5) is 0 Å². The summed E-state index contributed by atoms with van der Waals surface area (Å²) in [6.45, 7) is 6.39. The number of hydrogen-bond donors (Lipinski definition) is 1. The molecule has 0 spiro atoms. The van der Waals surface area contributed by atoms with Crippen LogP contribution in [-0.2, 0) is 16.0 Å². The number of aromatic nitrogens is 2. The summed E-state index contributed by atoms with van der Waals surface area (Å²) in [7, 11) is 1.76. The molecule has 2 rings (SSSR count). The SMILES string of the molecule is CCOC(=O)C1CCCN(C(=NC)NCCCc2nc(C)no2)C1.I. The first-order valence-corrected chi connectivity index (χ1v) is 8.55. The Hall–Kier alpha value is -1.39. The standard InChI is InChI=1S/C16H27N5O3.HI/c1-4-23-15(22)13-7-6-10-21(11-13)16(17-3)18-9-5-8-14-19-12(2)20-24-14;/h13H,4-11H2,1-3H3,(H,17,18);1H. The highest BCUT2D eigenvalue weighted by Crippen LogP contribution is 2.18. The van der Waals surface area contributed by atoms with Crippen LogP contribution in [0, 0.1) is 12.8 Å². The van der Waals surface area contributed by atoms with Gasteiger partial charge in [-0.3, -0.25) is 9.79 Å². The summed E-state index contributed by atoms with van der Waals surface area (Å²) in [6.07, 6.45) is 3.44. The summed E-state index contributed by atoms with van der Waals surface area (Å²) in [4.78, 5) is 22.6. The summed E-state index contributed by atoms with van der Waals surface area (Å²) >= 11 is 0. The van der Waals surface area contributed by atoms with Gasteiger partial charge in [-0.1, -0.05) is 5.16 Å². The Bertz CT molecular complexity index is 564. The quantitative estimate of drug-likeness (QED) is 0.225. The van der Waals surface area contributed by atoms with Crippen LogP contribution in [0.15, 0.2) is 9.52 Å². The minimum atomic E-state index is -0.107. The van der Waals surface area contributed by atoms with E-state index < -0.39 is 0 Å². The highest BCUT2D eigenvalue weighted by Gasteiger charge is 2.28. The van der Waals surface area contributed by atoms with E-state index in [2.05, 4.69) is 25.3 Å². The molecule has 1 aliphatic rings. The average molecular weight is 465 g/mol. The molecule has 0 aliphatic carbocycles. The molecule has 0 radical (unpaired) electrons. The van der Waals surface area contributed by atoms with Crippen molar-refractivity contribution in [3.05, 3.63) is 11.7 Å². The number of piperidine rings is 1. The van der Waals surface area contributed by atoms with Crippen molar-refractivity contribution < 1.29 is 14.1 Å². The van der Waals surface area contributed by atoms with Crippen molar-refractivity contribution in [1.29, 1.82) is 0 Å². The van der Waals surface area contributed by atoms with Crippen LogP contribution in [-0.4, -0.2) is 60.3 Å². The van der Waals surface area contributed by atoms with Gasteiger partial charge in [-0.05, 0) is 33.1 Å². The fraction of sp³-hybridized carbons (Fsp3) is 0.750. The number of carbonyl (C=O) groups excluding carboxylic acids is 1. The summed E-state index contributed by atoms with van der Waals surface area (Å²) in [6, 6.07) is 0. The predicted molar refractivity (Wildman–Crippen MR) is 105 cm³/mol. The Morgan fingerprint density at radius 1 is 1.52 bits per heavy atom. The lowest BCUT2D eigenvalue weighted by Crippen LogP contribution is -2.48. The number of nitrogens with one attached hydrogen (secondary N) is 1. The first-order valence-electron chi connectivity index (χ1n) is 8.55. The highest BCUT2D eigenvalue weighted by molar-refractivity contribution is 14.0. The molecule has 142 valence electrons. The van der Waals surface area contributed by atoms with Gasteiger partial charge in [0, 0.05) is 33.1 Å². The van der Waals surface area contributed by atoms with Gasteiger partial charge >= 0.3 is 5.97 Å². The van der Waals surface area contributed by atoms with Crippen molar-refractivity contribution >= 4 is 35.9 Å². The molecule has 0 aromatic carbocycles. The molecule has 2 heterocycles. The lowest BCUT2D eigenvalue weighted by molar-refractivity contribution is -0.149. The molecule has 1 aromatic rings. The minimum absolute atomic E-state index is 0. The van der Waals surface area contributed by atoms with E-state index in [0.29, 0.717) is 24.9 Å². The maximum absolute atomic E-state index is 11.9. The van der Waals surface area contributed by atoms with Gasteiger partial charge in [0.15, 0.2) is 11.8 Å². The zero-order chi connectivity index (χ0) is 17.4. The number of guanidine groups is 1. The number of esters is 1. The van der Waals surface area contributed by atoms with Gasteiger partial charge in [0.25, 0.3) is 0 Å². The van der Waals surface area contributed by atoms with Gasteiger partial charge in [-0.25, -0.2) is 0 Å². The number of rotatable bonds is 6. The highest BCUT2D eigenvalue weighted by atomic mass is 127. The fourth-order valence-corrected chi connectivity index (χ4v) is 2.84. The largest absolute Gasteiger partial charge is 0.466 e. The van der Waals surface area contributed by atoms with Gasteiger partial charge in [0.2, 0.25) is 5.89 Å². The van der Waals surface area contributed by atoms with E-state index in [4.69, 9.17) is 9.26 Å². The van der Waals surface area contributed by atoms with Gasteiger partial charge in [0.05, 0.1) is 12.5 Å². The van der Waals surface area contributed by atoms with Crippen molar-refractivity contribution in [3.63, 3.8) is 0 Å².